The molecule has 0 spiro atoms. The van der Waals surface area contributed by atoms with E-state index in [0.717, 1.165) is 11.1 Å². The summed E-state index contributed by atoms with van der Waals surface area (Å²) in [5, 5.41) is 1.32. The van der Waals surface area contributed by atoms with Crippen LogP contribution in [0.4, 0.5) is 5.69 Å². The molecule has 3 aromatic rings. The number of hydrogen-bond donors (Lipinski definition) is 2. The van der Waals surface area contributed by atoms with Crippen molar-refractivity contribution in [1.29, 1.82) is 0 Å². The van der Waals surface area contributed by atoms with Gasteiger partial charge in [-0.15, -0.1) is 0 Å². The van der Waals surface area contributed by atoms with Crippen molar-refractivity contribution in [3.63, 3.8) is 0 Å². The number of carbonyl (C=O) groups excluding carboxylic acids is 1. The van der Waals surface area contributed by atoms with Crippen LogP contribution in [0.2, 0.25) is 5.02 Å². The molecule has 0 unspecified atom stereocenters. The number of anilines is 1. The molecule has 0 atom stereocenters. The Morgan fingerprint density at radius 2 is 1.85 bits per heavy atom. The topological polar surface area (TPSA) is 82.2 Å². The molecule has 0 aliphatic heterocycles. The number of nitrogen functional groups attached to an aromatic ring is 1. The van der Waals surface area contributed by atoms with Crippen LogP contribution >= 0.6 is 11.6 Å². The third kappa shape index (κ3) is 2.00. The van der Waals surface area contributed by atoms with Crippen molar-refractivity contribution < 1.29 is 9.21 Å². The van der Waals surface area contributed by atoms with Crippen molar-refractivity contribution in [3.8, 4) is 11.1 Å². The molecular weight excluding hydrogens is 276 g/mol. The van der Waals surface area contributed by atoms with Crippen molar-refractivity contribution in [2.24, 2.45) is 5.73 Å². The SMILES string of the molecule is NC(=O)c1oc2ccc(-c3cccc(Cl)c3)cc2c1N. The monoisotopic (exact) mass is 286 g/mol. The van der Waals surface area contributed by atoms with Gasteiger partial charge in [0.15, 0.2) is 0 Å². The van der Waals surface area contributed by atoms with Crippen LogP contribution in [-0.4, -0.2) is 5.91 Å². The molecule has 0 saturated carbocycles. The third-order valence-electron chi connectivity index (χ3n) is 3.11. The fraction of sp³-hybridized carbons (Fsp3) is 0. The summed E-state index contributed by atoms with van der Waals surface area (Å²) in [6.45, 7) is 0. The highest BCUT2D eigenvalue weighted by Gasteiger charge is 2.16. The Balaban J connectivity index is 2.20. The molecule has 4 N–H and O–H groups in total. The summed E-state index contributed by atoms with van der Waals surface area (Å²) in [5.74, 6) is -0.689. The van der Waals surface area contributed by atoms with Crippen LogP contribution in [0.25, 0.3) is 22.1 Å². The van der Waals surface area contributed by atoms with Crippen LogP contribution in [0.3, 0.4) is 0 Å². The van der Waals surface area contributed by atoms with Crippen LogP contribution in [0.15, 0.2) is 46.9 Å². The number of furan rings is 1. The summed E-state index contributed by atoms with van der Waals surface area (Å²) in [7, 11) is 0. The van der Waals surface area contributed by atoms with Crippen molar-refractivity contribution in [3.05, 3.63) is 53.2 Å². The normalized spacial score (nSPS) is 10.8. The van der Waals surface area contributed by atoms with Gasteiger partial charge in [0.25, 0.3) is 5.91 Å². The lowest BCUT2D eigenvalue weighted by atomic mass is 10.0. The second-order valence-corrected chi connectivity index (χ2v) is 4.87. The maximum atomic E-state index is 11.2. The van der Waals surface area contributed by atoms with E-state index in [2.05, 4.69) is 0 Å². The lowest BCUT2D eigenvalue weighted by molar-refractivity contribution is 0.0977. The van der Waals surface area contributed by atoms with E-state index < -0.39 is 5.91 Å². The van der Waals surface area contributed by atoms with Gasteiger partial charge < -0.3 is 15.9 Å². The Hall–Kier alpha value is -2.46. The zero-order chi connectivity index (χ0) is 14.3. The largest absolute Gasteiger partial charge is 0.449 e. The standard InChI is InChI=1S/C15H11ClN2O2/c16-10-3-1-2-8(6-10)9-4-5-12-11(7-9)13(17)14(20-12)15(18)19/h1-7H,17H2,(H2,18,19). The fourth-order valence-electron chi connectivity index (χ4n) is 2.15. The molecule has 1 amide bonds. The Morgan fingerprint density at radius 1 is 1.10 bits per heavy atom. The van der Waals surface area contributed by atoms with Gasteiger partial charge in [-0.05, 0) is 35.4 Å². The average Bonchev–Trinajstić information content (AvgIpc) is 2.76. The molecular formula is C15H11ClN2O2. The first-order chi connectivity index (χ1) is 9.56. The van der Waals surface area contributed by atoms with E-state index in [9.17, 15) is 4.79 Å². The molecule has 100 valence electrons. The van der Waals surface area contributed by atoms with E-state index in [1.165, 1.54) is 0 Å². The first-order valence-electron chi connectivity index (χ1n) is 5.94. The van der Waals surface area contributed by atoms with Gasteiger partial charge in [0.05, 0.1) is 5.69 Å². The van der Waals surface area contributed by atoms with Gasteiger partial charge in [0, 0.05) is 10.4 Å². The minimum absolute atomic E-state index is 0.0109. The van der Waals surface area contributed by atoms with Crippen molar-refractivity contribution in [1.82, 2.24) is 0 Å². The highest BCUT2D eigenvalue weighted by atomic mass is 35.5. The maximum Gasteiger partial charge on any atom is 0.286 e. The fourth-order valence-corrected chi connectivity index (χ4v) is 2.34. The van der Waals surface area contributed by atoms with Gasteiger partial charge in [-0.2, -0.15) is 0 Å². The number of carbonyl (C=O) groups is 1. The highest BCUT2D eigenvalue weighted by molar-refractivity contribution is 6.30. The van der Waals surface area contributed by atoms with E-state index in [4.69, 9.17) is 27.5 Å². The smallest absolute Gasteiger partial charge is 0.286 e. The summed E-state index contributed by atoms with van der Waals surface area (Å²) in [6, 6.07) is 13.0. The number of rotatable bonds is 2. The molecule has 0 radical (unpaired) electrons. The van der Waals surface area contributed by atoms with Crippen LogP contribution < -0.4 is 11.5 Å². The Kier molecular flexibility index (Phi) is 2.88. The minimum Gasteiger partial charge on any atom is -0.449 e. The van der Waals surface area contributed by atoms with Gasteiger partial charge in [0.2, 0.25) is 5.76 Å². The number of nitrogens with two attached hydrogens (primary N) is 2. The number of fused-ring (bicyclic) bond motifs is 1. The number of amides is 1. The average molecular weight is 287 g/mol. The zero-order valence-corrected chi connectivity index (χ0v) is 11.1. The molecule has 1 heterocycles. The summed E-state index contributed by atoms with van der Waals surface area (Å²) in [6.07, 6.45) is 0. The lowest BCUT2D eigenvalue weighted by Crippen LogP contribution is -2.11. The molecule has 1 aromatic heterocycles. The second-order valence-electron chi connectivity index (χ2n) is 4.43. The number of primary amides is 1. The van der Waals surface area contributed by atoms with Crippen molar-refractivity contribution >= 4 is 34.2 Å². The van der Waals surface area contributed by atoms with Crippen LogP contribution in [0, 0.1) is 0 Å². The van der Waals surface area contributed by atoms with E-state index in [-0.39, 0.29) is 11.4 Å². The van der Waals surface area contributed by atoms with E-state index >= 15 is 0 Å². The minimum atomic E-state index is -0.678. The Bertz CT molecular complexity index is 824. The van der Waals surface area contributed by atoms with Gasteiger partial charge >= 0.3 is 0 Å². The number of benzene rings is 2. The molecule has 2 aromatic carbocycles. The van der Waals surface area contributed by atoms with Crippen LogP contribution in [0.5, 0.6) is 0 Å². The summed E-state index contributed by atoms with van der Waals surface area (Å²) < 4.78 is 5.35. The van der Waals surface area contributed by atoms with E-state index in [1.807, 2.05) is 30.3 Å². The molecule has 4 nitrogen and oxygen atoms in total. The van der Waals surface area contributed by atoms with Crippen molar-refractivity contribution in [2.45, 2.75) is 0 Å². The van der Waals surface area contributed by atoms with Crippen molar-refractivity contribution in [2.75, 3.05) is 5.73 Å². The molecule has 0 saturated heterocycles. The van der Waals surface area contributed by atoms with Gasteiger partial charge in [0.1, 0.15) is 5.58 Å². The third-order valence-corrected chi connectivity index (χ3v) is 3.34. The summed E-state index contributed by atoms with van der Waals surface area (Å²) in [4.78, 5) is 11.2. The maximum absolute atomic E-state index is 11.2. The Morgan fingerprint density at radius 3 is 2.55 bits per heavy atom. The molecule has 0 fully saturated rings. The van der Waals surface area contributed by atoms with Gasteiger partial charge in [-0.25, -0.2) is 0 Å². The molecule has 0 bridgehead atoms. The number of hydrogen-bond acceptors (Lipinski definition) is 3. The molecule has 3 rings (SSSR count). The quantitative estimate of drug-likeness (QED) is 0.757. The van der Waals surface area contributed by atoms with E-state index in [1.54, 1.807) is 12.1 Å². The number of halogens is 1. The lowest BCUT2D eigenvalue weighted by Gasteiger charge is -2.02. The molecule has 5 heteroatoms. The summed E-state index contributed by atoms with van der Waals surface area (Å²) in [5.41, 5.74) is 13.8. The first kappa shape index (κ1) is 12.6. The first-order valence-corrected chi connectivity index (χ1v) is 6.32. The van der Waals surface area contributed by atoms with Crippen LogP contribution in [0.1, 0.15) is 10.6 Å². The predicted molar refractivity (Wildman–Crippen MR) is 79.6 cm³/mol. The van der Waals surface area contributed by atoms with Gasteiger partial charge in [-0.1, -0.05) is 29.8 Å². The van der Waals surface area contributed by atoms with Gasteiger partial charge in [-0.3, -0.25) is 4.79 Å². The molecule has 0 aliphatic rings. The van der Waals surface area contributed by atoms with Crippen LogP contribution in [-0.2, 0) is 0 Å². The predicted octanol–water partition coefficient (Wildman–Crippen LogP) is 3.43. The second kappa shape index (κ2) is 4.58. The molecule has 0 aliphatic carbocycles. The highest BCUT2D eigenvalue weighted by Crippen LogP contribution is 2.32. The molecule has 20 heavy (non-hydrogen) atoms. The zero-order valence-electron chi connectivity index (χ0n) is 10.4. The Labute approximate surface area is 119 Å². The summed E-state index contributed by atoms with van der Waals surface area (Å²) >= 11 is 5.99. The van der Waals surface area contributed by atoms with E-state index in [0.29, 0.717) is 16.0 Å².